The molecule has 2 aromatic carbocycles. The van der Waals surface area contributed by atoms with Crippen molar-refractivity contribution in [3.63, 3.8) is 0 Å². The van der Waals surface area contributed by atoms with Crippen molar-refractivity contribution in [1.82, 2.24) is 0 Å². The van der Waals surface area contributed by atoms with Crippen LogP contribution in [0.4, 0.5) is 5.69 Å². The summed E-state index contributed by atoms with van der Waals surface area (Å²) in [5.41, 5.74) is 8.28. The van der Waals surface area contributed by atoms with Gasteiger partial charge in [-0.2, -0.15) is 0 Å². The van der Waals surface area contributed by atoms with Crippen molar-refractivity contribution in [2.45, 2.75) is 13.0 Å². The van der Waals surface area contributed by atoms with Gasteiger partial charge in [0, 0.05) is 17.8 Å². The maximum atomic E-state index is 11.1. The average Bonchev–Trinajstić information content (AvgIpc) is 2.46. The van der Waals surface area contributed by atoms with E-state index in [4.69, 9.17) is 10.8 Å². The number of nitrogens with one attached hydrogen (secondary N) is 1. The number of hydrogen-bond donors (Lipinski definition) is 3. The van der Waals surface area contributed by atoms with Crippen LogP contribution in [0.25, 0.3) is 0 Å². The SMILES string of the molecule is NC(=O)c1cccc(NCc2ccc(CC(=O)O)cc2)c1. The van der Waals surface area contributed by atoms with E-state index in [1.807, 2.05) is 18.2 Å². The lowest BCUT2D eigenvalue weighted by molar-refractivity contribution is -0.136. The second kappa shape index (κ2) is 6.56. The molecule has 0 saturated heterocycles. The summed E-state index contributed by atoms with van der Waals surface area (Å²) in [7, 11) is 0. The minimum absolute atomic E-state index is 0.0222. The summed E-state index contributed by atoms with van der Waals surface area (Å²) in [6, 6.07) is 14.3. The smallest absolute Gasteiger partial charge is 0.307 e. The van der Waals surface area contributed by atoms with Crippen molar-refractivity contribution in [3.05, 3.63) is 65.2 Å². The zero-order chi connectivity index (χ0) is 15.2. The summed E-state index contributed by atoms with van der Waals surface area (Å²) in [6.45, 7) is 0.579. The third-order valence-electron chi connectivity index (χ3n) is 3.02. The molecule has 5 nitrogen and oxygen atoms in total. The zero-order valence-corrected chi connectivity index (χ0v) is 11.4. The van der Waals surface area contributed by atoms with Crippen molar-refractivity contribution < 1.29 is 14.7 Å². The minimum Gasteiger partial charge on any atom is -0.481 e. The Balaban J connectivity index is 1.98. The highest BCUT2D eigenvalue weighted by molar-refractivity contribution is 5.93. The van der Waals surface area contributed by atoms with Gasteiger partial charge >= 0.3 is 5.97 Å². The number of primary amides is 1. The van der Waals surface area contributed by atoms with E-state index in [9.17, 15) is 9.59 Å². The van der Waals surface area contributed by atoms with Gasteiger partial charge in [-0.3, -0.25) is 9.59 Å². The van der Waals surface area contributed by atoms with Gasteiger partial charge in [-0.1, -0.05) is 30.3 Å². The Bertz CT molecular complexity index is 651. The summed E-state index contributed by atoms with van der Waals surface area (Å²) in [4.78, 5) is 21.7. The Kier molecular flexibility index (Phi) is 4.56. The fraction of sp³-hybridized carbons (Fsp3) is 0.125. The molecule has 0 aliphatic carbocycles. The first-order chi connectivity index (χ1) is 10.0. The van der Waals surface area contributed by atoms with E-state index in [2.05, 4.69) is 5.32 Å². The number of nitrogens with two attached hydrogens (primary N) is 1. The van der Waals surface area contributed by atoms with Crippen LogP contribution < -0.4 is 11.1 Å². The van der Waals surface area contributed by atoms with E-state index in [0.717, 1.165) is 16.8 Å². The zero-order valence-electron chi connectivity index (χ0n) is 11.4. The Morgan fingerprint density at radius 1 is 1.05 bits per heavy atom. The van der Waals surface area contributed by atoms with Gasteiger partial charge in [-0.15, -0.1) is 0 Å². The lowest BCUT2D eigenvalue weighted by Crippen LogP contribution is -2.11. The summed E-state index contributed by atoms with van der Waals surface area (Å²) in [6.07, 6.45) is 0.0222. The van der Waals surface area contributed by atoms with Crippen LogP contribution in [0.2, 0.25) is 0 Å². The Hall–Kier alpha value is -2.82. The number of carboxylic acid groups (broad SMARTS) is 1. The molecule has 5 heteroatoms. The van der Waals surface area contributed by atoms with Crippen LogP contribution in [0.1, 0.15) is 21.5 Å². The molecule has 108 valence electrons. The van der Waals surface area contributed by atoms with Gasteiger partial charge in [0.25, 0.3) is 0 Å². The van der Waals surface area contributed by atoms with Gasteiger partial charge in [-0.05, 0) is 29.3 Å². The van der Waals surface area contributed by atoms with Crippen LogP contribution in [-0.4, -0.2) is 17.0 Å². The van der Waals surface area contributed by atoms with Gasteiger partial charge in [-0.25, -0.2) is 0 Å². The molecule has 1 amide bonds. The lowest BCUT2D eigenvalue weighted by atomic mass is 10.1. The van der Waals surface area contributed by atoms with Gasteiger partial charge in [0.2, 0.25) is 5.91 Å². The number of anilines is 1. The highest BCUT2D eigenvalue weighted by Gasteiger charge is 2.02. The molecule has 0 unspecified atom stereocenters. The van der Waals surface area contributed by atoms with E-state index in [0.29, 0.717) is 12.1 Å². The van der Waals surface area contributed by atoms with Gasteiger partial charge in [0.15, 0.2) is 0 Å². The molecule has 0 aliphatic rings. The molecule has 0 bridgehead atoms. The molecule has 4 N–H and O–H groups in total. The third kappa shape index (κ3) is 4.35. The number of carbonyl (C=O) groups is 2. The van der Waals surface area contributed by atoms with Crippen LogP contribution >= 0.6 is 0 Å². The lowest BCUT2D eigenvalue weighted by Gasteiger charge is -2.08. The number of amides is 1. The van der Waals surface area contributed by atoms with E-state index < -0.39 is 11.9 Å². The fourth-order valence-electron chi connectivity index (χ4n) is 1.94. The van der Waals surface area contributed by atoms with Gasteiger partial charge in [0.1, 0.15) is 0 Å². The molecular weight excluding hydrogens is 268 g/mol. The Morgan fingerprint density at radius 3 is 2.33 bits per heavy atom. The molecule has 0 atom stereocenters. The van der Waals surface area contributed by atoms with Crippen LogP contribution in [0, 0.1) is 0 Å². The van der Waals surface area contributed by atoms with Gasteiger partial charge < -0.3 is 16.2 Å². The maximum Gasteiger partial charge on any atom is 0.307 e. The number of carbonyl (C=O) groups excluding carboxylic acids is 1. The average molecular weight is 284 g/mol. The summed E-state index contributed by atoms with van der Waals surface area (Å²) >= 11 is 0. The van der Waals surface area contributed by atoms with Crippen LogP contribution in [-0.2, 0) is 17.8 Å². The predicted molar refractivity (Wildman–Crippen MR) is 80.1 cm³/mol. The fourth-order valence-corrected chi connectivity index (χ4v) is 1.94. The molecule has 0 aliphatic heterocycles. The quantitative estimate of drug-likeness (QED) is 0.756. The van der Waals surface area contributed by atoms with E-state index in [1.54, 1.807) is 30.3 Å². The summed E-state index contributed by atoms with van der Waals surface area (Å²) in [5, 5.41) is 11.9. The van der Waals surface area contributed by atoms with E-state index >= 15 is 0 Å². The number of hydrogen-bond acceptors (Lipinski definition) is 3. The highest BCUT2D eigenvalue weighted by atomic mass is 16.4. The minimum atomic E-state index is -0.843. The largest absolute Gasteiger partial charge is 0.481 e. The number of carboxylic acids is 1. The summed E-state index contributed by atoms with van der Waals surface area (Å²) in [5.74, 6) is -1.30. The molecule has 21 heavy (non-hydrogen) atoms. The second-order valence-electron chi connectivity index (χ2n) is 4.69. The molecule has 0 saturated carbocycles. The number of benzene rings is 2. The van der Waals surface area contributed by atoms with Crippen molar-refractivity contribution in [2.75, 3.05) is 5.32 Å². The molecule has 0 radical (unpaired) electrons. The topological polar surface area (TPSA) is 92.4 Å². The number of aliphatic carboxylic acids is 1. The van der Waals surface area contributed by atoms with Crippen LogP contribution in [0.5, 0.6) is 0 Å². The van der Waals surface area contributed by atoms with E-state index in [1.165, 1.54) is 0 Å². The predicted octanol–water partition coefficient (Wildman–Crippen LogP) is 2.02. The summed E-state index contributed by atoms with van der Waals surface area (Å²) < 4.78 is 0. The van der Waals surface area contributed by atoms with E-state index in [-0.39, 0.29) is 6.42 Å². The first kappa shape index (κ1) is 14.6. The normalized spacial score (nSPS) is 10.1. The first-order valence-corrected chi connectivity index (χ1v) is 6.48. The molecule has 0 spiro atoms. The number of rotatable bonds is 6. The first-order valence-electron chi connectivity index (χ1n) is 6.48. The Morgan fingerprint density at radius 2 is 1.71 bits per heavy atom. The standard InChI is InChI=1S/C16H16N2O3/c17-16(21)13-2-1-3-14(9-13)18-10-12-6-4-11(5-7-12)8-15(19)20/h1-7,9,18H,8,10H2,(H2,17,21)(H,19,20). The van der Waals surface area contributed by atoms with Crippen molar-refractivity contribution in [1.29, 1.82) is 0 Å². The Labute approximate surface area is 122 Å². The van der Waals surface area contributed by atoms with Crippen molar-refractivity contribution >= 4 is 17.6 Å². The monoisotopic (exact) mass is 284 g/mol. The molecular formula is C16H16N2O3. The van der Waals surface area contributed by atoms with Gasteiger partial charge in [0.05, 0.1) is 6.42 Å². The molecule has 0 fully saturated rings. The second-order valence-corrected chi connectivity index (χ2v) is 4.69. The maximum absolute atomic E-state index is 11.1. The highest BCUT2D eigenvalue weighted by Crippen LogP contribution is 2.12. The molecule has 0 aromatic heterocycles. The van der Waals surface area contributed by atoms with Crippen molar-refractivity contribution in [3.8, 4) is 0 Å². The molecule has 0 heterocycles. The van der Waals surface area contributed by atoms with Crippen molar-refractivity contribution in [2.24, 2.45) is 5.73 Å². The third-order valence-corrected chi connectivity index (χ3v) is 3.02. The molecule has 2 rings (SSSR count). The van der Waals surface area contributed by atoms with Crippen LogP contribution in [0.3, 0.4) is 0 Å². The molecule has 2 aromatic rings. The van der Waals surface area contributed by atoms with Crippen LogP contribution in [0.15, 0.2) is 48.5 Å².